The van der Waals surface area contributed by atoms with Crippen molar-refractivity contribution in [1.82, 2.24) is 9.80 Å². The van der Waals surface area contributed by atoms with Gasteiger partial charge in [-0.25, -0.2) is 0 Å². The average molecular weight is 436 g/mol. The third-order valence-electron chi connectivity index (χ3n) is 6.08. The van der Waals surface area contributed by atoms with Crippen LogP contribution in [0.3, 0.4) is 0 Å². The third kappa shape index (κ3) is 5.47. The van der Waals surface area contributed by atoms with Gasteiger partial charge in [-0.1, -0.05) is 30.3 Å². The number of nitrogens with one attached hydrogen (secondary N) is 1. The van der Waals surface area contributed by atoms with Crippen LogP contribution in [0.15, 0.2) is 53.5 Å². The minimum absolute atomic E-state index is 0.0983. The summed E-state index contributed by atoms with van der Waals surface area (Å²) in [5.41, 5.74) is 4.28. The first-order valence-corrected chi connectivity index (χ1v) is 11.3. The Balaban J connectivity index is 1.49. The number of amides is 1. The third-order valence-corrected chi connectivity index (χ3v) is 6.08. The second-order valence-electron chi connectivity index (χ2n) is 8.46. The number of aliphatic imine (C=N–C) groups is 1. The summed E-state index contributed by atoms with van der Waals surface area (Å²) in [7, 11) is 3.85. The summed E-state index contributed by atoms with van der Waals surface area (Å²) in [6.07, 6.45) is 1.27. The van der Waals surface area contributed by atoms with Gasteiger partial charge in [0.15, 0.2) is 0 Å². The summed E-state index contributed by atoms with van der Waals surface area (Å²) in [6.45, 7) is 5.89. The fraction of sp³-hybridized carbons (Fsp3) is 0.440. The molecular weight excluding hydrogens is 402 g/mol. The molecular formula is C25H33N5O2. The second kappa shape index (κ2) is 10.6. The van der Waals surface area contributed by atoms with Gasteiger partial charge in [-0.05, 0) is 37.2 Å². The van der Waals surface area contributed by atoms with Crippen LogP contribution in [0, 0.1) is 0 Å². The van der Waals surface area contributed by atoms with Gasteiger partial charge in [0, 0.05) is 63.2 Å². The Morgan fingerprint density at radius 3 is 2.53 bits per heavy atom. The van der Waals surface area contributed by atoms with Crippen molar-refractivity contribution in [3.8, 4) is 0 Å². The number of hydrogen-bond acceptors (Lipinski definition) is 6. The molecule has 0 aromatic heterocycles. The quantitative estimate of drug-likeness (QED) is 0.755. The van der Waals surface area contributed by atoms with Crippen LogP contribution in [0.2, 0.25) is 0 Å². The maximum Gasteiger partial charge on any atom is 0.229 e. The van der Waals surface area contributed by atoms with Crippen LogP contribution in [0.25, 0.3) is 0 Å². The van der Waals surface area contributed by atoms with E-state index in [2.05, 4.69) is 46.4 Å². The van der Waals surface area contributed by atoms with E-state index >= 15 is 0 Å². The topological polar surface area (TPSA) is 60.4 Å². The molecule has 0 unspecified atom stereocenters. The van der Waals surface area contributed by atoms with Crippen LogP contribution in [0.5, 0.6) is 0 Å². The number of guanidine groups is 1. The Bertz CT molecular complexity index is 936. The van der Waals surface area contributed by atoms with Crippen LogP contribution in [-0.4, -0.2) is 68.5 Å². The van der Waals surface area contributed by atoms with Crippen molar-refractivity contribution >= 4 is 23.2 Å². The van der Waals surface area contributed by atoms with E-state index in [1.807, 2.05) is 24.3 Å². The molecule has 2 aliphatic heterocycles. The lowest BCUT2D eigenvalue weighted by atomic mass is 10.1. The molecule has 32 heavy (non-hydrogen) atoms. The first-order valence-electron chi connectivity index (χ1n) is 11.3. The van der Waals surface area contributed by atoms with Crippen LogP contribution in [0.4, 0.5) is 11.4 Å². The van der Waals surface area contributed by atoms with E-state index in [4.69, 9.17) is 9.73 Å². The smallest absolute Gasteiger partial charge is 0.229 e. The van der Waals surface area contributed by atoms with Crippen molar-refractivity contribution in [1.29, 1.82) is 0 Å². The molecule has 0 aliphatic carbocycles. The number of nitrogens with zero attached hydrogens (tertiary/aromatic N) is 4. The lowest BCUT2D eigenvalue weighted by Crippen LogP contribution is -2.44. The van der Waals surface area contributed by atoms with Gasteiger partial charge in [0.1, 0.15) is 0 Å². The molecule has 0 radical (unpaired) electrons. The number of piperazine rings is 1. The molecule has 0 atom stereocenters. The van der Waals surface area contributed by atoms with Gasteiger partial charge in [0.2, 0.25) is 11.9 Å². The number of methoxy groups -OCH3 is 1. The molecule has 2 aromatic rings. The monoisotopic (exact) mass is 435 g/mol. The van der Waals surface area contributed by atoms with Crippen molar-refractivity contribution in [2.75, 3.05) is 57.1 Å². The van der Waals surface area contributed by atoms with E-state index in [9.17, 15) is 4.79 Å². The lowest BCUT2D eigenvalue weighted by Gasteiger charge is -2.34. The second-order valence-corrected chi connectivity index (χ2v) is 8.46. The minimum atomic E-state index is 0.0983. The molecule has 7 nitrogen and oxygen atoms in total. The number of rotatable bonds is 6. The predicted molar refractivity (Wildman–Crippen MR) is 129 cm³/mol. The van der Waals surface area contributed by atoms with Crippen LogP contribution in [0.1, 0.15) is 24.0 Å². The molecule has 7 heteroatoms. The molecule has 1 amide bonds. The number of hydrogen-bond donors (Lipinski definition) is 1. The fourth-order valence-electron chi connectivity index (χ4n) is 4.13. The Kier molecular flexibility index (Phi) is 7.39. The van der Waals surface area contributed by atoms with Crippen LogP contribution >= 0.6 is 0 Å². The highest BCUT2D eigenvalue weighted by molar-refractivity contribution is 6.04. The van der Waals surface area contributed by atoms with Crippen molar-refractivity contribution in [3.63, 3.8) is 0 Å². The molecule has 4 rings (SSSR count). The highest BCUT2D eigenvalue weighted by atomic mass is 16.5. The average Bonchev–Trinajstić information content (AvgIpc) is 2.98. The number of likely N-dealkylation sites (N-methyl/N-ethyl adjacent to an activating group) is 1. The van der Waals surface area contributed by atoms with E-state index in [0.717, 1.165) is 49.4 Å². The van der Waals surface area contributed by atoms with Gasteiger partial charge >= 0.3 is 0 Å². The molecule has 170 valence electrons. The standard InChI is InChI=1S/C25H33N5O2/c1-28-14-16-29(17-15-28)22-11-9-20(10-12-22)18-30-24(31)8-5-13-26-25(30)27-23-7-4-3-6-21(23)19-32-2/h3-4,6-7,9-12H,5,8,13-19H2,1-2H3,(H,26,27). The number of carbonyl (C=O) groups excluding carboxylic acids is 1. The molecule has 0 spiro atoms. The van der Waals surface area contributed by atoms with E-state index in [1.54, 1.807) is 12.0 Å². The molecule has 1 saturated heterocycles. The molecule has 2 heterocycles. The maximum absolute atomic E-state index is 12.9. The van der Waals surface area contributed by atoms with E-state index in [1.165, 1.54) is 5.69 Å². The number of anilines is 2. The SMILES string of the molecule is COCc1ccccc1NC1=NCCCC(=O)N1Cc1ccc(N2CCN(C)CC2)cc1. The lowest BCUT2D eigenvalue weighted by molar-refractivity contribution is -0.127. The first kappa shape index (κ1) is 22.3. The Labute approximate surface area is 190 Å². The first-order chi connectivity index (χ1) is 15.6. The summed E-state index contributed by atoms with van der Waals surface area (Å²) in [5, 5.41) is 3.40. The Morgan fingerprint density at radius 2 is 1.78 bits per heavy atom. The summed E-state index contributed by atoms with van der Waals surface area (Å²) in [4.78, 5) is 24.2. The van der Waals surface area contributed by atoms with Crippen molar-refractivity contribution in [2.45, 2.75) is 26.0 Å². The summed E-state index contributed by atoms with van der Waals surface area (Å²) in [5.74, 6) is 0.709. The number of para-hydroxylation sites is 1. The number of benzene rings is 2. The summed E-state index contributed by atoms with van der Waals surface area (Å²) < 4.78 is 5.33. The molecule has 2 aliphatic rings. The van der Waals surface area contributed by atoms with Gasteiger partial charge in [-0.15, -0.1) is 0 Å². The van der Waals surface area contributed by atoms with Crippen molar-refractivity contribution < 1.29 is 9.53 Å². The van der Waals surface area contributed by atoms with Crippen molar-refractivity contribution in [3.05, 3.63) is 59.7 Å². The van der Waals surface area contributed by atoms with Gasteiger partial charge in [-0.3, -0.25) is 14.7 Å². The number of ether oxygens (including phenoxy) is 1. The van der Waals surface area contributed by atoms with Gasteiger partial charge < -0.3 is 19.9 Å². The molecule has 0 bridgehead atoms. The molecule has 1 N–H and O–H groups in total. The number of carbonyl (C=O) groups is 1. The maximum atomic E-state index is 12.9. The van der Waals surface area contributed by atoms with E-state index in [0.29, 0.717) is 32.1 Å². The highest BCUT2D eigenvalue weighted by Crippen LogP contribution is 2.21. The predicted octanol–water partition coefficient (Wildman–Crippen LogP) is 3.18. The minimum Gasteiger partial charge on any atom is -0.380 e. The zero-order valence-corrected chi connectivity index (χ0v) is 19.1. The molecule has 2 aromatic carbocycles. The Morgan fingerprint density at radius 1 is 1.03 bits per heavy atom. The Hall–Kier alpha value is -2.90. The fourth-order valence-corrected chi connectivity index (χ4v) is 4.13. The van der Waals surface area contributed by atoms with Crippen LogP contribution in [-0.2, 0) is 22.7 Å². The van der Waals surface area contributed by atoms with Gasteiger partial charge in [-0.2, -0.15) is 0 Å². The zero-order valence-electron chi connectivity index (χ0n) is 19.1. The highest BCUT2D eigenvalue weighted by Gasteiger charge is 2.23. The normalized spacial score (nSPS) is 17.8. The van der Waals surface area contributed by atoms with Gasteiger partial charge in [0.25, 0.3) is 0 Å². The summed E-state index contributed by atoms with van der Waals surface area (Å²) >= 11 is 0. The molecule has 0 saturated carbocycles. The van der Waals surface area contributed by atoms with Crippen LogP contribution < -0.4 is 10.2 Å². The molecule has 1 fully saturated rings. The van der Waals surface area contributed by atoms with E-state index in [-0.39, 0.29) is 5.91 Å². The van der Waals surface area contributed by atoms with Gasteiger partial charge in [0.05, 0.1) is 13.2 Å². The zero-order chi connectivity index (χ0) is 22.3. The summed E-state index contributed by atoms with van der Waals surface area (Å²) in [6, 6.07) is 16.6. The van der Waals surface area contributed by atoms with E-state index < -0.39 is 0 Å². The largest absolute Gasteiger partial charge is 0.380 e. The van der Waals surface area contributed by atoms with Crippen molar-refractivity contribution in [2.24, 2.45) is 4.99 Å².